The van der Waals surface area contributed by atoms with E-state index in [1.807, 2.05) is 0 Å². The molecule has 2 aromatic rings. The molecule has 13 heteroatoms. The van der Waals surface area contributed by atoms with Gasteiger partial charge < -0.3 is 20.1 Å². The van der Waals surface area contributed by atoms with Gasteiger partial charge in [-0.1, -0.05) is 23.7 Å². The monoisotopic (exact) mass is 490 g/mol. The number of nitrogens with one attached hydrogen (secondary N) is 2. The van der Waals surface area contributed by atoms with Crippen molar-refractivity contribution in [2.75, 3.05) is 23.8 Å². The van der Waals surface area contributed by atoms with Gasteiger partial charge in [0.1, 0.15) is 11.5 Å². The topological polar surface area (TPSA) is 42.5 Å². The average Bonchev–Trinajstić information content (AvgIpc) is 2.66. The number of ether oxygens (including phenoxy) is 2. The Hall–Kier alpha value is -2.47. The Bertz CT molecular complexity index is 913. The highest BCUT2D eigenvalue weighted by Gasteiger charge is 2.41. The summed E-state index contributed by atoms with van der Waals surface area (Å²) in [7, 11) is 0. The molecule has 0 saturated heterocycles. The lowest BCUT2D eigenvalue weighted by Gasteiger charge is -2.18. The highest BCUT2D eigenvalue weighted by molar-refractivity contribution is 7.80. The van der Waals surface area contributed by atoms with Gasteiger partial charge >= 0.3 is 18.5 Å². The molecule has 0 radical (unpaired) electrons. The normalized spacial score (nSPS) is 11.9. The van der Waals surface area contributed by atoms with Crippen LogP contribution in [0.25, 0.3) is 0 Å². The average molecular weight is 491 g/mol. The maximum Gasteiger partial charge on any atom is 0.422 e. The van der Waals surface area contributed by atoms with E-state index < -0.39 is 43.2 Å². The van der Waals surface area contributed by atoms with Gasteiger partial charge in [0.2, 0.25) is 0 Å². The highest BCUT2D eigenvalue weighted by Crippen LogP contribution is 2.30. The predicted octanol–water partition coefficient (Wildman–Crippen LogP) is 6.37. The summed E-state index contributed by atoms with van der Waals surface area (Å²) in [4.78, 5) is 0. The van der Waals surface area contributed by atoms with Crippen LogP contribution in [0.3, 0.4) is 0 Å². The maximum atomic E-state index is 13.1. The molecular weight excluding hydrogens is 477 g/mol. The second-order valence-corrected chi connectivity index (χ2v) is 6.82. The van der Waals surface area contributed by atoms with Gasteiger partial charge in [-0.15, -0.1) is 0 Å². The van der Waals surface area contributed by atoms with Crippen LogP contribution in [0, 0.1) is 0 Å². The van der Waals surface area contributed by atoms with Crippen molar-refractivity contribution >= 4 is 40.3 Å². The predicted molar refractivity (Wildman–Crippen MR) is 106 cm³/mol. The molecule has 0 amide bonds. The molecule has 0 aliphatic rings. The van der Waals surface area contributed by atoms with Crippen molar-refractivity contribution in [2.24, 2.45) is 0 Å². The Morgan fingerprint density at radius 1 is 0.935 bits per heavy atom. The van der Waals surface area contributed by atoms with E-state index in [9.17, 15) is 30.7 Å². The van der Waals surface area contributed by atoms with Gasteiger partial charge in [-0.2, -0.15) is 22.0 Å². The first-order valence-corrected chi connectivity index (χ1v) is 9.10. The van der Waals surface area contributed by atoms with Gasteiger partial charge in [-0.25, -0.2) is 8.78 Å². The Labute approximate surface area is 182 Å². The number of thiocarbonyl (C=S) groups is 1. The number of halogens is 8. The summed E-state index contributed by atoms with van der Waals surface area (Å²) >= 11 is 11.1. The van der Waals surface area contributed by atoms with Crippen molar-refractivity contribution in [3.05, 3.63) is 47.5 Å². The maximum absolute atomic E-state index is 13.1. The second-order valence-electron chi connectivity index (χ2n) is 6.01. The number of benzene rings is 2. The molecule has 0 aromatic heterocycles. The zero-order valence-electron chi connectivity index (χ0n) is 15.3. The first-order valence-electron chi connectivity index (χ1n) is 8.32. The summed E-state index contributed by atoms with van der Waals surface area (Å²) in [5.41, 5.74) is 0.402. The molecule has 0 aliphatic heterocycles. The van der Waals surface area contributed by atoms with Gasteiger partial charge in [-0.05, 0) is 24.4 Å². The number of hydrogen-bond acceptors (Lipinski definition) is 3. The van der Waals surface area contributed by atoms with E-state index in [1.54, 1.807) is 24.3 Å². The first kappa shape index (κ1) is 24.8. The van der Waals surface area contributed by atoms with Crippen LogP contribution in [-0.2, 0) is 0 Å². The molecule has 2 rings (SSSR count). The third-order valence-corrected chi connectivity index (χ3v) is 3.95. The molecule has 31 heavy (non-hydrogen) atoms. The van der Waals surface area contributed by atoms with Crippen molar-refractivity contribution in [1.29, 1.82) is 0 Å². The highest BCUT2D eigenvalue weighted by atomic mass is 35.5. The van der Waals surface area contributed by atoms with E-state index in [0.717, 1.165) is 18.2 Å². The van der Waals surface area contributed by atoms with Crippen molar-refractivity contribution in [2.45, 2.75) is 18.5 Å². The fourth-order valence-corrected chi connectivity index (χ4v) is 2.48. The molecule has 0 bridgehead atoms. The van der Waals surface area contributed by atoms with Crippen LogP contribution >= 0.6 is 23.8 Å². The lowest BCUT2D eigenvalue weighted by molar-refractivity contribution is -0.153. The van der Waals surface area contributed by atoms with Crippen LogP contribution in [0.1, 0.15) is 0 Å². The Morgan fingerprint density at radius 2 is 1.52 bits per heavy atom. The zero-order valence-corrected chi connectivity index (χ0v) is 16.9. The standard InChI is InChI=1S/C18H14ClF7N2O2S/c19-13-3-1-2-4-14(13)28-16(31)27-10-5-11(29-8-17(22,23)15(20)21)7-12(6-10)30-9-18(24,25)26/h1-7,15H,8-9H2,(H2,27,28,31). The Balaban J connectivity index is 2.19. The van der Waals surface area contributed by atoms with Gasteiger partial charge in [-0.3, -0.25) is 0 Å². The minimum Gasteiger partial charge on any atom is -0.487 e. The van der Waals surface area contributed by atoms with Crippen LogP contribution in [0.2, 0.25) is 5.02 Å². The van der Waals surface area contributed by atoms with Crippen LogP contribution in [0.15, 0.2) is 42.5 Å². The Kier molecular flexibility index (Phi) is 8.18. The van der Waals surface area contributed by atoms with E-state index in [0.29, 0.717) is 10.7 Å². The van der Waals surface area contributed by atoms with Crippen molar-refractivity contribution in [1.82, 2.24) is 0 Å². The molecule has 0 unspecified atom stereocenters. The smallest absolute Gasteiger partial charge is 0.422 e. The molecule has 170 valence electrons. The largest absolute Gasteiger partial charge is 0.487 e. The number of anilines is 2. The zero-order chi connectivity index (χ0) is 23.2. The summed E-state index contributed by atoms with van der Waals surface area (Å²) in [5.74, 6) is -5.32. The summed E-state index contributed by atoms with van der Waals surface area (Å²) in [5, 5.41) is 5.61. The molecule has 4 nitrogen and oxygen atoms in total. The molecule has 0 aliphatic carbocycles. The summed E-state index contributed by atoms with van der Waals surface area (Å²) in [6.07, 6.45) is -8.66. The van der Waals surface area contributed by atoms with Gasteiger partial charge in [0, 0.05) is 23.9 Å². The molecule has 0 heterocycles. The first-order chi connectivity index (χ1) is 14.4. The molecule has 2 N–H and O–H groups in total. The molecule has 0 atom stereocenters. The number of rotatable bonds is 8. The van der Waals surface area contributed by atoms with Crippen LogP contribution < -0.4 is 20.1 Å². The molecule has 0 saturated carbocycles. The van der Waals surface area contributed by atoms with E-state index in [2.05, 4.69) is 20.1 Å². The van der Waals surface area contributed by atoms with E-state index in [4.69, 9.17) is 23.8 Å². The fourth-order valence-electron chi connectivity index (χ4n) is 2.07. The van der Waals surface area contributed by atoms with E-state index in [1.165, 1.54) is 0 Å². The number of alkyl halides is 7. The van der Waals surface area contributed by atoms with Gasteiger partial charge in [0.15, 0.2) is 18.3 Å². The van der Waals surface area contributed by atoms with E-state index >= 15 is 0 Å². The minimum atomic E-state index is -4.67. The molecule has 0 fully saturated rings. The summed E-state index contributed by atoms with van der Waals surface area (Å²) in [6.45, 7) is -3.37. The summed E-state index contributed by atoms with van der Waals surface area (Å²) in [6, 6.07) is 9.52. The van der Waals surface area contributed by atoms with Crippen LogP contribution in [0.4, 0.5) is 42.1 Å². The number of para-hydroxylation sites is 1. The van der Waals surface area contributed by atoms with Crippen molar-refractivity contribution in [3.8, 4) is 11.5 Å². The number of hydrogen-bond donors (Lipinski definition) is 2. The SMILES string of the molecule is FC(F)C(F)(F)COc1cc(NC(=S)Nc2ccccc2Cl)cc(OCC(F)(F)F)c1. The molecule has 0 spiro atoms. The van der Waals surface area contributed by atoms with Gasteiger partial charge in [0.05, 0.1) is 10.7 Å². The lowest BCUT2D eigenvalue weighted by atomic mass is 10.2. The minimum absolute atomic E-state index is 0.0143. The van der Waals surface area contributed by atoms with Crippen molar-refractivity contribution in [3.63, 3.8) is 0 Å². The fraction of sp³-hybridized carbons (Fsp3) is 0.278. The van der Waals surface area contributed by atoms with Crippen LogP contribution in [0.5, 0.6) is 11.5 Å². The summed E-state index contributed by atoms with van der Waals surface area (Å²) < 4.78 is 97.4. The quantitative estimate of drug-likeness (QED) is 0.332. The Morgan fingerprint density at radius 3 is 2.06 bits per heavy atom. The van der Waals surface area contributed by atoms with E-state index in [-0.39, 0.29) is 10.8 Å². The van der Waals surface area contributed by atoms with Crippen LogP contribution in [-0.4, -0.2) is 36.9 Å². The third-order valence-electron chi connectivity index (χ3n) is 3.41. The third kappa shape index (κ3) is 8.29. The van der Waals surface area contributed by atoms with Gasteiger partial charge in [0.25, 0.3) is 0 Å². The molecular formula is C18H14ClF7N2O2S. The van der Waals surface area contributed by atoms with Crippen molar-refractivity contribution < 1.29 is 40.2 Å². The second kappa shape index (κ2) is 10.2. The molecule has 2 aromatic carbocycles. The lowest BCUT2D eigenvalue weighted by Crippen LogP contribution is -2.33.